The molecule has 2 amide bonds. The van der Waals surface area contributed by atoms with Crippen molar-refractivity contribution in [2.45, 2.75) is 0 Å². The molecule has 0 aliphatic carbocycles. The fourth-order valence-electron chi connectivity index (χ4n) is 1.01. The number of rotatable bonds is 3. The topological polar surface area (TPSA) is 90.2 Å². The molecule has 4 N–H and O–H groups in total. The van der Waals surface area contributed by atoms with Crippen LogP contribution in [0, 0.1) is 0 Å². The summed E-state index contributed by atoms with van der Waals surface area (Å²) >= 11 is 0. The van der Waals surface area contributed by atoms with Crippen molar-refractivity contribution in [3.8, 4) is 0 Å². The summed E-state index contributed by atoms with van der Waals surface area (Å²) in [5, 5.41) is 4.04. The van der Waals surface area contributed by atoms with Crippen molar-refractivity contribution in [3.63, 3.8) is 0 Å². The minimum Gasteiger partial charge on any atom is -0.351 e. The first-order valence-corrected chi connectivity index (χ1v) is 3.92. The van der Waals surface area contributed by atoms with Gasteiger partial charge in [0.25, 0.3) is 0 Å². The Kier molecular flexibility index (Phi) is 2.86. The van der Waals surface area contributed by atoms with Crippen LogP contribution in [0.2, 0.25) is 0 Å². The lowest BCUT2D eigenvalue weighted by molar-refractivity contribution is 0.254. The van der Waals surface area contributed by atoms with Crippen molar-refractivity contribution in [2.24, 2.45) is 18.5 Å². The Morgan fingerprint density at radius 3 is 2.85 bits per heavy atom. The summed E-state index contributed by atoms with van der Waals surface area (Å²) in [7, 11) is 1.77. The van der Waals surface area contributed by atoms with Gasteiger partial charge in [-0.1, -0.05) is 0 Å². The Labute approximate surface area is 76.1 Å². The average molecular weight is 183 g/mol. The molecule has 6 heteroatoms. The Hall–Kier alpha value is -1.56. The van der Waals surface area contributed by atoms with Crippen molar-refractivity contribution < 1.29 is 4.79 Å². The zero-order valence-electron chi connectivity index (χ0n) is 7.47. The molecule has 0 aliphatic heterocycles. The van der Waals surface area contributed by atoms with Crippen LogP contribution in [0.4, 0.5) is 10.6 Å². The van der Waals surface area contributed by atoms with Crippen LogP contribution in [0.3, 0.4) is 0 Å². The molecule has 1 aromatic rings. The van der Waals surface area contributed by atoms with Crippen LogP contribution >= 0.6 is 0 Å². The van der Waals surface area contributed by atoms with Crippen molar-refractivity contribution in [1.29, 1.82) is 0 Å². The van der Waals surface area contributed by atoms with Gasteiger partial charge in [0.15, 0.2) is 5.82 Å². The number of hydrogen-bond acceptors (Lipinski definition) is 3. The van der Waals surface area contributed by atoms with E-state index < -0.39 is 6.03 Å². The van der Waals surface area contributed by atoms with Crippen LogP contribution in [0.1, 0.15) is 0 Å². The standard InChI is InChI=1S/C7H13N5O/c1-11-4-2-6(10-11)12(5-3-8)7(9)13/h2,4H,3,5,8H2,1H3,(H2,9,13). The summed E-state index contributed by atoms with van der Waals surface area (Å²) in [5.74, 6) is 0.528. The van der Waals surface area contributed by atoms with Crippen LogP contribution < -0.4 is 16.4 Å². The second kappa shape index (κ2) is 3.90. The van der Waals surface area contributed by atoms with Crippen molar-refractivity contribution >= 4 is 11.8 Å². The molecular formula is C7H13N5O. The first kappa shape index (κ1) is 9.53. The number of amides is 2. The van der Waals surface area contributed by atoms with E-state index in [9.17, 15) is 4.79 Å². The third-order valence-corrected chi connectivity index (χ3v) is 1.59. The number of primary amides is 1. The lowest BCUT2D eigenvalue weighted by atomic mass is 10.5. The van der Waals surface area contributed by atoms with E-state index in [0.717, 1.165) is 0 Å². The van der Waals surface area contributed by atoms with E-state index in [1.165, 1.54) is 4.90 Å². The first-order chi connectivity index (χ1) is 6.15. The summed E-state index contributed by atoms with van der Waals surface area (Å²) in [5.41, 5.74) is 10.5. The van der Waals surface area contributed by atoms with E-state index in [1.807, 2.05) is 0 Å². The van der Waals surface area contributed by atoms with Crippen molar-refractivity contribution in [3.05, 3.63) is 12.3 Å². The summed E-state index contributed by atoms with van der Waals surface area (Å²) in [6.07, 6.45) is 1.74. The van der Waals surface area contributed by atoms with Gasteiger partial charge in [-0.15, -0.1) is 0 Å². The van der Waals surface area contributed by atoms with Gasteiger partial charge >= 0.3 is 6.03 Å². The highest BCUT2D eigenvalue weighted by Gasteiger charge is 2.12. The molecule has 72 valence electrons. The molecule has 0 saturated carbocycles. The van der Waals surface area contributed by atoms with Crippen LogP contribution in [-0.4, -0.2) is 28.9 Å². The number of carbonyl (C=O) groups is 1. The van der Waals surface area contributed by atoms with Crippen LogP contribution in [0.25, 0.3) is 0 Å². The van der Waals surface area contributed by atoms with Gasteiger partial charge in [0.1, 0.15) is 0 Å². The number of hydrogen-bond donors (Lipinski definition) is 2. The van der Waals surface area contributed by atoms with E-state index in [2.05, 4.69) is 5.10 Å². The zero-order valence-corrected chi connectivity index (χ0v) is 7.47. The van der Waals surface area contributed by atoms with Gasteiger partial charge in [-0.05, 0) is 0 Å². The van der Waals surface area contributed by atoms with Gasteiger partial charge < -0.3 is 11.5 Å². The molecule has 0 saturated heterocycles. The Morgan fingerprint density at radius 1 is 1.77 bits per heavy atom. The summed E-state index contributed by atoms with van der Waals surface area (Å²) in [6, 6.07) is 1.17. The number of carbonyl (C=O) groups excluding carboxylic acids is 1. The van der Waals surface area contributed by atoms with E-state index in [0.29, 0.717) is 18.9 Å². The lowest BCUT2D eigenvalue weighted by Gasteiger charge is -2.15. The molecule has 0 unspecified atom stereocenters. The van der Waals surface area contributed by atoms with E-state index in [4.69, 9.17) is 11.5 Å². The van der Waals surface area contributed by atoms with Gasteiger partial charge in [-0.2, -0.15) is 5.10 Å². The first-order valence-electron chi connectivity index (χ1n) is 3.92. The number of nitrogens with two attached hydrogens (primary N) is 2. The predicted molar refractivity (Wildman–Crippen MR) is 49.2 cm³/mol. The maximum absolute atomic E-state index is 10.9. The molecule has 0 radical (unpaired) electrons. The highest BCUT2D eigenvalue weighted by Crippen LogP contribution is 2.08. The summed E-state index contributed by atoms with van der Waals surface area (Å²) in [6.45, 7) is 0.742. The van der Waals surface area contributed by atoms with Crippen molar-refractivity contribution in [1.82, 2.24) is 9.78 Å². The molecular weight excluding hydrogens is 170 g/mol. The summed E-state index contributed by atoms with van der Waals surface area (Å²) in [4.78, 5) is 12.3. The molecule has 0 aliphatic rings. The fraction of sp³-hybridized carbons (Fsp3) is 0.429. The Balaban J connectivity index is 2.81. The molecule has 1 aromatic heterocycles. The highest BCUT2D eigenvalue weighted by molar-refractivity contribution is 5.89. The van der Waals surface area contributed by atoms with Gasteiger partial charge in [-0.3, -0.25) is 9.58 Å². The predicted octanol–water partition coefficient (Wildman–Crippen LogP) is -0.736. The fourth-order valence-corrected chi connectivity index (χ4v) is 1.01. The van der Waals surface area contributed by atoms with Gasteiger partial charge in [0, 0.05) is 32.4 Å². The summed E-state index contributed by atoms with van der Waals surface area (Å²) < 4.78 is 1.60. The number of urea groups is 1. The maximum atomic E-state index is 10.9. The monoisotopic (exact) mass is 183 g/mol. The quantitative estimate of drug-likeness (QED) is 0.647. The van der Waals surface area contributed by atoms with Gasteiger partial charge in [0.2, 0.25) is 0 Å². The zero-order chi connectivity index (χ0) is 9.84. The Bertz CT molecular complexity index is 295. The molecule has 1 rings (SSSR count). The minimum atomic E-state index is -0.538. The molecule has 1 heterocycles. The third-order valence-electron chi connectivity index (χ3n) is 1.59. The van der Waals surface area contributed by atoms with Crippen LogP contribution in [0.15, 0.2) is 12.3 Å². The van der Waals surface area contributed by atoms with Gasteiger partial charge in [-0.25, -0.2) is 4.79 Å². The second-order valence-corrected chi connectivity index (χ2v) is 2.63. The van der Waals surface area contributed by atoms with E-state index in [-0.39, 0.29) is 0 Å². The SMILES string of the molecule is Cn1ccc(N(CCN)C(N)=O)n1. The number of aromatic nitrogens is 2. The normalized spacial score (nSPS) is 10.0. The Morgan fingerprint density at radius 2 is 2.46 bits per heavy atom. The van der Waals surface area contributed by atoms with E-state index in [1.54, 1.807) is 24.0 Å². The highest BCUT2D eigenvalue weighted by atomic mass is 16.2. The molecule has 0 aromatic carbocycles. The third kappa shape index (κ3) is 2.19. The number of anilines is 1. The van der Waals surface area contributed by atoms with Crippen molar-refractivity contribution in [2.75, 3.05) is 18.0 Å². The molecule has 13 heavy (non-hydrogen) atoms. The number of aryl methyl sites for hydroxylation is 1. The van der Waals surface area contributed by atoms with Gasteiger partial charge in [0.05, 0.1) is 0 Å². The second-order valence-electron chi connectivity index (χ2n) is 2.63. The average Bonchev–Trinajstić information content (AvgIpc) is 2.46. The van der Waals surface area contributed by atoms with E-state index >= 15 is 0 Å². The molecule has 0 atom stereocenters. The lowest BCUT2D eigenvalue weighted by Crippen LogP contribution is -2.39. The molecule has 0 fully saturated rings. The van der Waals surface area contributed by atoms with Crippen LogP contribution in [0.5, 0.6) is 0 Å². The number of nitrogens with zero attached hydrogens (tertiary/aromatic N) is 3. The molecule has 6 nitrogen and oxygen atoms in total. The molecule has 0 bridgehead atoms. The maximum Gasteiger partial charge on any atom is 0.320 e. The molecule has 0 spiro atoms. The smallest absolute Gasteiger partial charge is 0.320 e. The minimum absolute atomic E-state index is 0.361. The van der Waals surface area contributed by atoms with Crippen LogP contribution in [-0.2, 0) is 7.05 Å². The largest absolute Gasteiger partial charge is 0.351 e.